The maximum atomic E-state index is 14.5. The van der Waals surface area contributed by atoms with Crippen molar-refractivity contribution in [3.05, 3.63) is 81.6 Å². The standard InChI is InChI=1S/C31H37N3O2/c1-5-23(6-2)30(35)31(33-22(4)32)19-18-27-21(3)36-34-29(27)15-11-10-14-25-16-17-26(20-28(25)31)24-12-8-7-9-13-24/h8,12-13,16-17,20,23H,5-6,10-11,14-15,18-19H2,1-4H3,(H2,32,33). The molecule has 1 atom stereocenters. The third kappa shape index (κ3) is 5.09. The molecule has 5 nitrogen and oxygen atoms in total. The maximum Gasteiger partial charge on any atom is 0.168 e. The second-order valence-electron chi connectivity index (χ2n) is 9.96. The van der Waals surface area contributed by atoms with Crippen LogP contribution in [0.4, 0.5) is 0 Å². The molecule has 0 radical (unpaired) electrons. The summed E-state index contributed by atoms with van der Waals surface area (Å²) in [6, 6.07) is 6.50. The summed E-state index contributed by atoms with van der Waals surface area (Å²) in [4.78, 5) is 19.5. The molecule has 2 aliphatic carbocycles. The van der Waals surface area contributed by atoms with E-state index in [1.165, 1.54) is 5.56 Å². The maximum absolute atomic E-state index is 14.5. The second kappa shape index (κ2) is 11.1. The Morgan fingerprint density at radius 2 is 1.97 bits per heavy atom. The number of carbonyl (C=O) groups excluding carboxylic acids is 1. The van der Waals surface area contributed by atoms with E-state index in [0.29, 0.717) is 18.7 Å². The molecule has 0 amide bonds. The summed E-state index contributed by atoms with van der Waals surface area (Å²) < 4.78 is 5.59. The number of Topliss-reactive ketones (excluding diaryl/α,β-unsaturated/α-hetero) is 1. The van der Waals surface area contributed by atoms with Gasteiger partial charge in [-0.3, -0.25) is 9.79 Å². The zero-order chi connectivity index (χ0) is 25.7. The first-order valence-corrected chi connectivity index (χ1v) is 13.2. The van der Waals surface area contributed by atoms with Crippen LogP contribution in [-0.4, -0.2) is 16.8 Å². The van der Waals surface area contributed by atoms with Crippen molar-refractivity contribution in [3.63, 3.8) is 0 Å². The average Bonchev–Trinajstić information content (AvgIpc) is 3.23. The van der Waals surface area contributed by atoms with E-state index in [2.05, 4.69) is 48.7 Å². The number of nitrogens with zero attached hydrogens (tertiary/aromatic N) is 2. The third-order valence-corrected chi connectivity index (χ3v) is 7.59. The monoisotopic (exact) mass is 483 g/mol. The van der Waals surface area contributed by atoms with Gasteiger partial charge in [-0.1, -0.05) is 42.6 Å². The fraction of sp³-hybridized carbons (Fsp3) is 0.452. The molecule has 1 unspecified atom stereocenters. The quantitative estimate of drug-likeness (QED) is 0.295. The number of carbonyl (C=O) groups is 1. The van der Waals surface area contributed by atoms with Crippen LogP contribution in [-0.2, 0) is 29.6 Å². The molecule has 188 valence electrons. The number of allylic oxidation sites excluding steroid dienone is 4. The smallest absolute Gasteiger partial charge is 0.168 e. The molecule has 36 heavy (non-hydrogen) atoms. The number of hydrogen-bond donors (Lipinski definition) is 1. The molecule has 1 aromatic carbocycles. The van der Waals surface area contributed by atoms with Gasteiger partial charge < -0.3 is 10.3 Å². The van der Waals surface area contributed by atoms with E-state index < -0.39 is 5.54 Å². The highest BCUT2D eigenvalue weighted by atomic mass is 16.5. The highest BCUT2D eigenvalue weighted by Crippen LogP contribution is 2.41. The van der Waals surface area contributed by atoms with Gasteiger partial charge in [-0.25, -0.2) is 0 Å². The van der Waals surface area contributed by atoms with Crippen molar-refractivity contribution in [2.75, 3.05) is 0 Å². The topological polar surface area (TPSA) is 81.5 Å². The number of benzene rings is 1. The molecule has 1 aromatic heterocycles. The van der Waals surface area contributed by atoms with E-state index in [1.54, 1.807) is 6.92 Å². The van der Waals surface area contributed by atoms with Gasteiger partial charge in [0.1, 0.15) is 11.3 Å². The van der Waals surface area contributed by atoms with Gasteiger partial charge in [-0.15, -0.1) is 0 Å². The Labute approximate surface area is 214 Å². The zero-order valence-electron chi connectivity index (χ0n) is 22.0. The molecule has 2 aromatic rings. The number of nitrogens with two attached hydrogens (primary N) is 1. The van der Waals surface area contributed by atoms with Crippen LogP contribution in [0.1, 0.15) is 86.6 Å². The summed E-state index contributed by atoms with van der Waals surface area (Å²) in [5, 5.41) is 4.36. The lowest BCUT2D eigenvalue weighted by atomic mass is 9.72. The van der Waals surface area contributed by atoms with Gasteiger partial charge in [0, 0.05) is 11.5 Å². The van der Waals surface area contributed by atoms with Crippen molar-refractivity contribution in [2.45, 2.75) is 84.6 Å². The summed E-state index contributed by atoms with van der Waals surface area (Å²) in [6.07, 6.45) is 12.3. The lowest BCUT2D eigenvalue weighted by Gasteiger charge is -2.35. The van der Waals surface area contributed by atoms with Gasteiger partial charge in [0.2, 0.25) is 0 Å². The molecular formula is C31H37N3O2. The minimum absolute atomic E-state index is 0.0996. The van der Waals surface area contributed by atoms with E-state index in [1.807, 2.05) is 25.2 Å². The number of aryl methyl sites for hydroxylation is 3. The number of fused-ring (bicyclic) bond motifs is 2. The summed E-state index contributed by atoms with van der Waals surface area (Å²) in [6.45, 7) is 7.91. The van der Waals surface area contributed by atoms with E-state index in [9.17, 15) is 4.79 Å². The van der Waals surface area contributed by atoms with Gasteiger partial charge in [0.25, 0.3) is 0 Å². The number of aromatic nitrogens is 1. The highest BCUT2D eigenvalue weighted by Gasteiger charge is 2.44. The van der Waals surface area contributed by atoms with Crippen LogP contribution in [0.2, 0.25) is 0 Å². The van der Waals surface area contributed by atoms with Gasteiger partial charge in [0.05, 0.1) is 11.5 Å². The van der Waals surface area contributed by atoms with Crippen molar-refractivity contribution < 1.29 is 9.32 Å². The number of rotatable bonds is 6. The first-order valence-electron chi connectivity index (χ1n) is 13.2. The molecule has 0 bridgehead atoms. The number of amidine groups is 1. The Morgan fingerprint density at radius 3 is 2.67 bits per heavy atom. The lowest BCUT2D eigenvalue weighted by molar-refractivity contribution is -0.129. The first-order chi connectivity index (χ1) is 17.4. The number of ketones is 1. The Balaban J connectivity index is 1.97. The van der Waals surface area contributed by atoms with Gasteiger partial charge in [0.15, 0.2) is 5.78 Å². The van der Waals surface area contributed by atoms with Gasteiger partial charge in [-0.05, 0) is 112 Å². The minimum atomic E-state index is -1.07. The van der Waals surface area contributed by atoms with Crippen LogP contribution in [0, 0.1) is 12.8 Å². The molecule has 2 aliphatic rings. The fourth-order valence-corrected chi connectivity index (χ4v) is 5.61. The molecular weight excluding hydrogens is 446 g/mol. The van der Waals surface area contributed by atoms with Crippen LogP contribution < -0.4 is 5.73 Å². The summed E-state index contributed by atoms with van der Waals surface area (Å²) in [7, 11) is 0. The van der Waals surface area contributed by atoms with Crippen LogP contribution in [0.5, 0.6) is 0 Å². The normalized spacial score (nSPS) is 20.0. The molecule has 4 rings (SSSR count). The van der Waals surface area contributed by atoms with Crippen molar-refractivity contribution >= 4 is 17.2 Å². The lowest BCUT2D eigenvalue weighted by Crippen LogP contribution is -2.41. The van der Waals surface area contributed by atoms with E-state index in [-0.39, 0.29) is 11.7 Å². The molecule has 0 fully saturated rings. The van der Waals surface area contributed by atoms with Crippen LogP contribution in [0.25, 0.3) is 5.57 Å². The second-order valence-corrected chi connectivity index (χ2v) is 9.96. The summed E-state index contributed by atoms with van der Waals surface area (Å²) in [5.74, 6) is 1.30. The van der Waals surface area contributed by atoms with Crippen LogP contribution in [0.3, 0.4) is 0 Å². The van der Waals surface area contributed by atoms with Crippen molar-refractivity contribution in [1.29, 1.82) is 0 Å². The highest BCUT2D eigenvalue weighted by molar-refractivity contribution is 5.95. The third-order valence-electron chi connectivity index (χ3n) is 7.59. The molecule has 1 heterocycles. The average molecular weight is 484 g/mol. The molecule has 0 spiro atoms. The van der Waals surface area contributed by atoms with Crippen molar-refractivity contribution in [3.8, 4) is 0 Å². The van der Waals surface area contributed by atoms with E-state index in [4.69, 9.17) is 15.2 Å². The fourth-order valence-electron chi connectivity index (χ4n) is 5.61. The summed E-state index contributed by atoms with van der Waals surface area (Å²) in [5.41, 5.74) is 17.6. The van der Waals surface area contributed by atoms with Gasteiger partial charge >= 0.3 is 0 Å². The molecule has 5 heteroatoms. The predicted octanol–water partition coefficient (Wildman–Crippen LogP) is 6.34. The number of aliphatic imine (C=N–C) groups is 1. The first kappa shape index (κ1) is 25.7. The van der Waals surface area contributed by atoms with Crippen LogP contribution in [0.15, 0.2) is 57.4 Å². The number of hydrogen-bond acceptors (Lipinski definition) is 4. The van der Waals surface area contributed by atoms with Crippen molar-refractivity contribution in [1.82, 2.24) is 5.16 Å². The van der Waals surface area contributed by atoms with E-state index >= 15 is 0 Å². The minimum Gasteiger partial charge on any atom is -0.388 e. The molecule has 0 aliphatic heterocycles. The largest absolute Gasteiger partial charge is 0.388 e. The van der Waals surface area contributed by atoms with Crippen molar-refractivity contribution in [2.24, 2.45) is 16.6 Å². The molecule has 0 saturated carbocycles. The SMILES string of the molecule is CCC(CC)C(=O)C1(N=C(C)N)CCc2c(noc2C)CCCCc2ccc(C3=CC=C=C=C3)cc21. The molecule has 0 saturated heterocycles. The van der Waals surface area contributed by atoms with Gasteiger partial charge in [-0.2, -0.15) is 0 Å². The Kier molecular flexibility index (Phi) is 7.94. The Hall–Kier alpha value is -3.39. The predicted molar refractivity (Wildman–Crippen MR) is 145 cm³/mol. The Morgan fingerprint density at radius 1 is 1.19 bits per heavy atom. The van der Waals surface area contributed by atoms with Crippen LogP contribution >= 0.6 is 0 Å². The zero-order valence-corrected chi connectivity index (χ0v) is 22.0. The van der Waals surface area contributed by atoms with E-state index in [0.717, 1.165) is 72.2 Å². The summed E-state index contributed by atoms with van der Waals surface area (Å²) >= 11 is 0. The Bertz CT molecular complexity index is 1290. The molecule has 2 N–H and O–H groups in total.